The normalized spacial score (nSPS) is 20.5. The molecule has 33 N–H and O–H groups in total. The summed E-state index contributed by atoms with van der Waals surface area (Å²) in [5.41, 5.74) is 33.2. The van der Waals surface area contributed by atoms with Gasteiger partial charge < -0.3 is 128 Å². The van der Waals surface area contributed by atoms with Crippen molar-refractivity contribution in [2.75, 3.05) is 45.0 Å². The third kappa shape index (κ3) is 27.1. The molecule has 39 nitrogen and oxygen atoms in total. The van der Waals surface area contributed by atoms with Crippen LogP contribution in [0.3, 0.4) is 0 Å². The minimum Gasteiger partial charge on any atom is -0.370 e. The summed E-state index contributed by atoms with van der Waals surface area (Å²) < 4.78 is 0. The number of amides is 11. The molecule has 4 aromatic carbocycles. The predicted octanol–water partition coefficient (Wildman–Crippen LogP) is -1.64. The number of guanidine groups is 4. The lowest BCUT2D eigenvalue weighted by atomic mass is 10.00. The topological polar surface area (TPSA) is 657 Å². The van der Waals surface area contributed by atoms with Crippen molar-refractivity contribution in [3.63, 3.8) is 0 Å². The summed E-state index contributed by atoms with van der Waals surface area (Å²) in [7, 11) is 0. The minimum atomic E-state index is -1.59. The maximum absolute atomic E-state index is 15.8. The minimum absolute atomic E-state index is 0.0114. The van der Waals surface area contributed by atoms with Crippen molar-refractivity contribution in [1.82, 2.24) is 99.7 Å². The molecule has 1 aliphatic heterocycles. The van der Waals surface area contributed by atoms with Gasteiger partial charge in [-0.2, -0.15) is 12.6 Å². The number of para-hydroxylation sites is 4. The molecular formula is C80H110N28O11S. The van der Waals surface area contributed by atoms with E-state index < -0.39 is 149 Å². The number of aromatic amines is 4. The van der Waals surface area contributed by atoms with E-state index in [0.717, 1.165) is 0 Å². The summed E-state index contributed by atoms with van der Waals surface area (Å²) in [4.78, 5) is 180. The average molecular weight is 1670 g/mol. The Morgan fingerprint density at radius 2 is 0.525 bits per heavy atom. The molecule has 1 saturated heterocycles. The molecule has 10 atom stereocenters. The Hall–Kier alpha value is -13.4. The van der Waals surface area contributed by atoms with Gasteiger partial charge in [-0.3, -0.25) is 74.4 Å². The molecule has 0 unspecified atom stereocenters. The Morgan fingerprint density at radius 1 is 0.308 bits per heavy atom. The summed E-state index contributed by atoms with van der Waals surface area (Å²) in [5.74, 6) is -11.6. The molecule has 0 aliphatic carbocycles. The first-order valence-electron chi connectivity index (χ1n) is 39.9. The average Bonchev–Trinajstić information content (AvgIpc) is 1.67. The predicted molar refractivity (Wildman–Crippen MR) is 458 cm³/mol. The quantitative estimate of drug-likeness (QED) is 0.00973. The van der Waals surface area contributed by atoms with Gasteiger partial charge in [0.25, 0.3) is 0 Å². The lowest BCUT2D eigenvalue weighted by Gasteiger charge is -2.29. The van der Waals surface area contributed by atoms with Crippen LogP contribution in [0, 0.1) is 21.6 Å². The molecule has 0 saturated carbocycles. The number of aromatic nitrogens is 4. The Kier molecular flexibility index (Phi) is 34.2. The lowest BCUT2D eigenvalue weighted by molar-refractivity contribution is -0.136. The number of H-pyrrole nitrogens is 4. The molecule has 0 spiro atoms. The monoisotopic (exact) mass is 1670 g/mol. The maximum atomic E-state index is 15.8. The number of benzene rings is 4. The number of rotatable bonds is 32. The van der Waals surface area contributed by atoms with Crippen molar-refractivity contribution in [3.05, 3.63) is 144 Å². The first-order chi connectivity index (χ1) is 57.7. The van der Waals surface area contributed by atoms with Crippen molar-refractivity contribution in [2.45, 2.75) is 163 Å². The highest BCUT2D eigenvalue weighted by atomic mass is 32.1. The Bertz CT molecular complexity index is 4760. The fourth-order valence-electron chi connectivity index (χ4n) is 14.2. The lowest BCUT2D eigenvalue weighted by Crippen LogP contribution is -2.62. The molecule has 4 aromatic heterocycles. The summed E-state index contributed by atoms with van der Waals surface area (Å²) in [6.45, 7) is 0.271. The van der Waals surface area contributed by atoms with Crippen LogP contribution in [0.15, 0.2) is 122 Å². The van der Waals surface area contributed by atoms with Gasteiger partial charge in [0, 0.05) is 146 Å². The zero-order valence-corrected chi connectivity index (χ0v) is 67.3. The number of nitrogens with two attached hydrogens (primary N) is 5. The van der Waals surface area contributed by atoms with Crippen molar-refractivity contribution >= 4 is 145 Å². The van der Waals surface area contributed by atoms with E-state index in [9.17, 15) is 9.59 Å². The third-order valence-corrected chi connectivity index (χ3v) is 20.8. The van der Waals surface area contributed by atoms with Crippen LogP contribution in [-0.2, 0) is 78.4 Å². The molecule has 1 aliphatic rings. The number of carbonyl (C=O) groups excluding carboxylic acids is 11. The molecule has 0 bridgehead atoms. The second-order valence-electron chi connectivity index (χ2n) is 29.4. The summed E-state index contributed by atoms with van der Waals surface area (Å²) in [5, 5.41) is 75.8. The van der Waals surface area contributed by atoms with Gasteiger partial charge in [0.1, 0.15) is 60.4 Å². The van der Waals surface area contributed by atoms with E-state index in [1.54, 1.807) is 122 Å². The van der Waals surface area contributed by atoms with Gasteiger partial charge in [-0.1, -0.05) is 72.8 Å². The van der Waals surface area contributed by atoms with Gasteiger partial charge in [0.2, 0.25) is 65.0 Å². The molecule has 1 fully saturated rings. The van der Waals surface area contributed by atoms with Crippen LogP contribution < -0.4 is 108 Å². The van der Waals surface area contributed by atoms with Crippen molar-refractivity contribution in [3.8, 4) is 0 Å². The zero-order chi connectivity index (χ0) is 86.2. The van der Waals surface area contributed by atoms with E-state index in [1.807, 2.05) is 0 Å². The molecule has 0 radical (unpaired) electrons. The Labute approximate surface area is 696 Å². The van der Waals surface area contributed by atoms with E-state index >= 15 is 43.2 Å². The van der Waals surface area contributed by atoms with Crippen LogP contribution >= 0.6 is 12.6 Å². The molecule has 11 amide bonds. The first kappa shape index (κ1) is 90.5. The highest BCUT2D eigenvalue weighted by Crippen LogP contribution is 2.25. The van der Waals surface area contributed by atoms with Gasteiger partial charge in [0.05, 0.1) is 0 Å². The van der Waals surface area contributed by atoms with Crippen molar-refractivity contribution < 1.29 is 52.7 Å². The fraction of sp³-hybridized carbons (Fsp3) is 0.412. The van der Waals surface area contributed by atoms with Gasteiger partial charge in [-0.25, -0.2) is 0 Å². The third-order valence-electron chi connectivity index (χ3n) is 20.5. The highest BCUT2D eigenvalue weighted by Gasteiger charge is 2.38. The first-order valence-corrected chi connectivity index (χ1v) is 40.5. The van der Waals surface area contributed by atoms with E-state index in [4.69, 9.17) is 50.3 Å². The molecular weight excluding hydrogens is 1560 g/mol. The van der Waals surface area contributed by atoms with Crippen molar-refractivity contribution in [1.29, 1.82) is 21.6 Å². The van der Waals surface area contributed by atoms with Gasteiger partial charge in [-0.05, 0) is 117 Å². The summed E-state index contributed by atoms with van der Waals surface area (Å²) >= 11 is 4.48. The molecule has 5 heterocycles. The van der Waals surface area contributed by atoms with Crippen LogP contribution in [0.25, 0.3) is 43.6 Å². The summed E-state index contributed by atoms with van der Waals surface area (Å²) in [6, 6.07) is 13.0. The number of hydrogen-bond donors (Lipinski definition) is 29. The van der Waals surface area contributed by atoms with E-state index in [-0.39, 0.29) is 148 Å². The van der Waals surface area contributed by atoms with Crippen LogP contribution in [0.2, 0.25) is 0 Å². The fourth-order valence-corrected chi connectivity index (χ4v) is 14.5. The van der Waals surface area contributed by atoms with Gasteiger partial charge in [-0.15, -0.1) is 0 Å². The number of thiol groups is 1. The van der Waals surface area contributed by atoms with Crippen LogP contribution in [0.1, 0.15) is 99.3 Å². The largest absolute Gasteiger partial charge is 0.370 e. The number of nitrogens with one attached hydrogen (secondary N) is 23. The van der Waals surface area contributed by atoms with Crippen molar-refractivity contribution in [2.24, 2.45) is 28.7 Å². The SMILES string of the molecule is N=C(N)NCCC[C@@H]1NC(=O)[C@H](CS)NC(=O)[C@H](CCCNC(=N)N)NC(=O)[C@H](Cc2c[nH]c3ccccc23)NC(=O)[C@H](CCCNC(=N)N)NC(=O)[C@H](Cc2c[nH]c3ccccc23)NC(=O)[C@H](CCCCNC(=O)CCN)NC(=O)[C@H](Cc2c[nH]c3ccccc23)NC(=O)[C@H](CCCNC(=N)N)NC(=O)[C@H](Cc2c[nH]c3ccccc23)NC1=O. The smallest absolute Gasteiger partial charge is 0.244 e. The second-order valence-corrected chi connectivity index (χ2v) is 29.7. The molecule has 9 rings (SSSR count). The Morgan fingerprint density at radius 3 is 0.775 bits per heavy atom. The molecule has 642 valence electrons. The van der Waals surface area contributed by atoms with Gasteiger partial charge in [0.15, 0.2) is 23.8 Å². The molecule has 8 aromatic rings. The maximum Gasteiger partial charge on any atom is 0.244 e. The highest BCUT2D eigenvalue weighted by molar-refractivity contribution is 7.80. The van der Waals surface area contributed by atoms with Crippen LogP contribution in [-0.4, -0.2) is 214 Å². The Balaban J connectivity index is 1.18. The number of hydrogen-bond acceptors (Lipinski definition) is 17. The van der Waals surface area contributed by atoms with Crippen LogP contribution in [0.4, 0.5) is 0 Å². The zero-order valence-electron chi connectivity index (χ0n) is 66.4. The van der Waals surface area contributed by atoms with E-state index in [0.29, 0.717) is 65.9 Å². The standard InChI is InChI=1S/C80H110N28O11S/c81-29-28-66(109)90-30-10-9-23-56-67(110)104-62(36-45-40-96-53-20-6-2-16-49(45)53)73(116)100-58(25-12-32-92-78(84)85)69(112)106-64(38-47-42-98-55-22-8-4-18-51(47)55)75(118)102-60(27-14-34-94-80(88)89)71(114)108-65(43-120)76(119)103-59(26-13-33-93-79(86)87)70(113)107-63(37-46-41-97-54-21-7-3-17-50(46)54)74(117)101-57(24-11-31-91-77(82)83)68(111)105-61(72(115)99-56)35-44-39-95-52-19-5-1-15-48(44)52/h1-8,15-22,39-42,56-65,95-98,120H,9-14,23-38,43,81H2,(H,90,109)(H,99,115)(H,100,116)(H,101,117)(H,102,118)(H,103,119)(H,104,110)(H,105,111)(H,106,112)(H,107,113)(H,108,114)(H4,82,83,91)(H4,84,85,92)(H4,86,87,93)(H4,88,89,94)/t56-,57-,58-,59-,60-,61-,62-,63-,64-,65-/m0/s1. The summed E-state index contributed by atoms with van der Waals surface area (Å²) in [6.07, 6.45) is 5.40. The molecule has 120 heavy (non-hydrogen) atoms. The van der Waals surface area contributed by atoms with Gasteiger partial charge >= 0.3 is 0 Å². The van der Waals surface area contributed by atoms with E-state index in [2.05, 4.69) is 112 Å². The number of carbonyl (C=O) groups is 11. The van der Waals surface area contributed by atoms with E-state index in [1.165, 1.54) is 0 Å². The van der Waals surface area contributed by atoms with Crippen LogP contribution in [0.5, 0.6) is 0 Å². The number of fused-ring (bicyclic) bond motifs is 4. The number of unbranched alkanes of at least 4 members (excludes halogenated alkanes) is 1. The second kappa shape index (κ2) is 45.4. The molecule has 40 heteroatoms.